The second-order valence-electron chi connectivity index (χ2n) is 8.38. The fourth-order valence-corrected chi connectivity index (χ4v) is 3.82. The van der Waals surface area contributed by atoms with Crippen molar-refractivity contribution in [3.63, 3.8) is 0 Å². The molecule has 1 saturated heterocycles. The van der Waals surface area contributed by atoms with Crippen LogP contribution in [0, 0.1) is 11.3 Å². The number of benzene rings is 2. The first-order valence-electron chi connectivity index (χ1n) is 12.0. The van der Waals surface area contributed by atoms with Crippen molar-refractivity contribution in [1.29, 1.82) is 5.26 Å². The zero-order valence-corrected chi connectivity index (χ0v) is 20.7. The van der Waals surface area contributed by atoms with Crippen LogP contribution in [-0.2, 0) is 4.74 Å². The molecule has 2 N–H and O–H groups in total. The Morgan fingerprint density at radius 2 is 1.89 bits per heavy atom. The normalized spacial score (nSPS) is 13.3. The number of rotatable bonds is 11. The molecular weight excluding hydrogens is 458 g/mol. The smallest absolute Gasteiger partial charge is 0.338 e. The molecule has 0 spiro atoms. The van der Waals surface area contributed by atoms with Gasteiger partial charge in [-0.3, -0.25) is 4.90 Å². The largest absolute Gasteiger partial charge is 0.490 e. The van der Waals surface area contributed by atoms with Gasteiger partial charge in [-0.1, -0.05) is 18.7 Å². The predicted octanol–water partition coefficient (Wildman–Crippen LogP) is 3.11. The SMILES string of the molecule is C=C(CN1CCNCC1)CN(CCOc1ccccc1C#N)C(=O)Nc1ccc(C(=O)OCC)cc1. The third kappa shape index (κ3) is 8.12. The van der Waals surface area contributed by atoms with E-state index in [9.17, 15) is 14.9 Å². The predicted molar refractivity (Wildman–Crippen MR) is 138 cm³/mol. The van der Waals surface area contributed by atoms with E-state index < -0.39 is 5.97 Å². The average molecular weight is 492 g/mol. The van der Waals surface area contributed by atoms with Crippen LogP contribution in [0.1, 0.15) is 22.8 Å². The van der Waals surface area contributed by atoms with Gasteiger partial charge in [-0.25, -0.2) is 9.59 Å². The van der Waals surface area contributed by atoms with E-state index in [-0.39, 0.29) is 12.6 Å². The zero-order valence-electron chi connectivity index (χ0n) is 20.7. The number of nitrogens with zero attached hydrogens (tertiary/aromatic N) is 3. The number of nitriles is 1. The maximum atomic E-state index is 13.2. The number of carbonyl (C=O) groups is 2. The van der Waals surface area contributed by atoms with Crippen molar-refractivity contribution < 1.29 is 19.1 Å². The number of anilines is 1. The molecule has 2 amide bonds. The third-order valence-corrected chi connectivity index (χ3v) is 5.63. The standard InChI is InChI=1S/C27H33N5O4/c1-3-35-26(33)22-8-10-24(11-9-22)30-27(34)32(20-21(2)19-31-14-12-29-13-15-31)16-17-36-25-7-5-4-6-23(25)18-28/h4-11,29H,2-3,12-17,19-20H2,1H3,(H,30,34). The molecule has 0 bridgehead atoms. The molecule has 0 saturated carbocycles. The Balaban J connectivity index is 1.63. The Bertz CT molecular complexity index is 1070. The van der Waals surface area contributed by atoms with Crippen LogP contribution in [0.3, 0.4) is 0 Å². The van der Waals surface area contributed by atoms with E-state index >= 15 is 0 Å². The molecule has 36 heavy (non-hydrogen) atoms. The van der Waals surface area contributed by atoms with Gasteiger partial charge in [0.25, 0.3) is 0 Å². The molecule has 190 valence electrons. The summed E-state index contributed by atoms with van der Waals surface area (Å²) in [6.45, 7) is 11.6. The van der Waals surface area contributed by atoms with Crippen LogP contribution < -0.4 is 15.4 Å². The molecule has 1 heterocycles. The lowest BCUT2D eigenvalue weighted by molar-refractivity contribution is 0.0526. The molecule has 0 radical (unpaired) electrons. The summed E-state index contributed by atoms with van der Waals surface area (Å²) in [5, 5.41) is 15.5. The van der Waals surface area contributed by atoms with Crippen LogP contribution in [0.25, 0.3) is 0 Å². The molecule has 9 nitrogen and oxygen atoms in total. The summed E-state index contributed by atoms with van der Waals surface area (Å²) in [6, 6.07) is 15.4. The van der Waals surface area contributed by atoms with E-state index in [1.54, 1.807) is 60.4 Å². The van der Waals surface area contributed by atoms with Gasteiger partial charge in [-0.2, -0.15) is 5.26 Å². The number of esters is 1. The van der Waals surface area contributed by atoms with E-state index in [0.717, 1.165) is 31.8 Å². The lowest BCUT2D eigenvalue weighted by Crippen LogP contribution is -2.45. The number of carbonyl (C=O) groups excluding carboxylic acids is 2. The second-order valence-corrected chi connectivity index (χ2v) is 8.38. The van der Waals surface area contributed by atoms with E-state index in [1.165, 1.54) is 0 Å². The first kappa shape index (κ1) is 26.7. The fraction of sp³-hybridized carbons (Fsp3) is 0.370. The van der Waals surface area contributed by atoms with Crippen molar-refractivity contribution in [3.05, 3.63) is 71.8 Å². The summed E-state index contributed by atoms with van der Waals surface area (Å²) in [5.74, 6) is 0.0746. The molecule has 1 aliphatic heterocycles. The van der Waals surface area contributed by atoms with E-state index in [1.807, 2.05) is 0 Å². The summed E-state index contributed by atoms with van der Waals surface area (Å²) in [4.78, 5) is 29.0. The molecule has 3 rings (SSSR count). The van der Waals surface area contributed by atoms with Gasteiger partial charge in [0.05, 0.1) is 24.3 Å². The van der Waals surface area contributed by atoms with Crippen molar-refractivity contribution in [2.24, 2.45) is 0 Å². The Morgan fingerprint density at radius 1 is 1.17 bits per heavy atom. The molecule has 0 unspecified atom stereocenters. The first-order chi connectivity index (χ1) is 17.5. The van der Waals surface area contributed by atoms with Crippen LogP contribution in [0.2, 0.25) is 0 Å². The van der Waals surface area contributed by atoms with Crippen molar-refractivity contribution >= 4 is 17.7 Å². The average Bonchev–Trinajstić information content (AvgIpc) is 2.89. The molecule has 0 atom stereocenters. The molecule has 0 aliphatic carbocycles. The van der Waals surface area contributed by atoms with Gasteiger partial charge in [0, 0.05) is 45.0 Å². The summed E-state index contributed by atoms with van der Waals surface area (Å²) < 4.78 is 10.8. The molecule has 1 aliphatic rings. The molecule has 2 aromatic rings. The number of para-hydroxylation sites is 1. The highest BCUT2D eigenvalue weighted by Crippen LogP contribution is 2.17. The maximum Gasteiger partial charge on any atom is 0.338 e. The van der Waals surface area contributed by atoms with Crippen LogP contribution >= 0.6 is 0 Å². The lowest BCUT2D eigenvalue weighted by atomic mass is 10.2. The highest BCUT2D eigenvalue weighted by Gasteiger charge is 2.18. The van der Waals surface area contributed by atoms with E-state index in [2.05, 4.69) is 28.2 Å². The molecule has 9 heteroatoms. The monoisotopic (exact) mass is 491 g/mol. The summed E-state index contributed by atoms with van der Waals surface area (Å²) in [6.07, 6.45) is 0. The van der Waals surface area contributed by atoms with Gasteiger partial charge in [-0.15, -0.1) is 0 Å². The zero-order chi connectivity index (χ0) is 25.8. The van der Waals surface area contributed by atoms with Crippen molar-refractivity contribution in [1.82, 2.24) is 15.1 Å². The Morgan fingerprint density at radius 3 is 2.58 bits per heavy atom. The second kappa shape index (κ2) is 13.9. The van der Waals surface area contributed by atoms with Gasteiger partial charge >= 0.3 is 12.0 Å². The van der Waals surface area contributed by atoms with Crippen molar-refractivity contribution in [2.75, 3.05) is 64.3 Å². The van der Waals surface area contributed by atoms with Crippen LogP contribution in [-0.4, -0.2) is 80.8 Å². The van der Waals surface area contributed by atoms with E-state index in [4.69, 9.17) is 9.47 Å². The summed E-state index contributed by atoms with van der Waals surface area (Å²) >= 11 is 0. The fourth-order valence-electron chi connectivity index (χ4n) is 3.82. The number of ether oxygens (including phenoxy) is 2. The minimum absolute atomic E-state index is 0.217. The van der Waals surface area contributed by atoms with Crippen LogP contribution in [0.15, 0.2) is 60.7 Å². The van der Waals surface area contributed by atoms with Crippen LogP contribution in [0.5, 0.6) is 5.75 Å². The highest BCUT2D eigenvalue weighted by atomic mass is 16.5. The molecule has 1 fully saturated rings. The quantitative estimate of drug-likeness (QED) is 0.367. The number of amides is 2. The molecule has 2 aromatic carbocycles. The van der Waals surface area contributed by atoms with Gasteiger partial charge < -0.3 is 25.0 Å². The summed E-state index contributed by atoms with van der Waals surface area (Å²) in [7, 11) is 0. The Kier molecular flexibility index (Phi) is 10.3. The van der Waals surface area contributed by atoms with E-state index in [0.29, 0.717) is 48.8 Å². The Hall–Kier alpha value is -3.87. The van der Waals surface area contributed by atoms with Crippen molar-refractivity contribution in [3.8, 4) is 11.8 Å². The van der Waals surface area contributed by atoms with Crippen LogP contribution in [0.4, 0.5) is 10.5 Å². The van der Waals surface area contributed by atoms with Gasteiger partial charge in [0.1, 0.15) is 18.4 Å². The number of nitrogens with one attached hydrogen (secondary N) is 2. The van der Waals surface area contributed by atoms with Gasteiger partial charge in [0.15, 0.2) is 0 Å². The molecule has 0 aromatic heterocycles. The highest BCUT2D eigenvalue weighted by molar-refractivity contribution is 5.92. The number of urea groups is 1. The topological polar surface area (TPSA) is 107 Å². The first-order valence-corrected chi connectivity index (χ1v) is 12.0. The summed E-state index contributed by atoms with van der Waals surface area (Å²) in [5.41, 5.74) is 2.34. The van der Waals surface area contributed by atoms with Gasteiger partial charge in [0.2, 0.25) is 0 Å². The minimum Gasteiger partial charge on any atom is -0.490 e. The van der Waals surface area contributed by atoms with Crippen molar-refractivity contribution in [2.45, 2.75) is 6.92 Å². The number of hydrogen-bond acceptors (Lipinski definition) is 7. The lowest BCUT2D eigenvalue weighted by Gasteiger charge is -2.30. The minimum atomic E-state index is -0.406. The third-order valence-electron chi connectivity index (χ3n) is 5.63. The maximum absolute atomic E-state index is 13.2. The molecular formula is C27H33N5O4. The number of hydrogen-bond donors (Lipinski definition) is 2. The Labute approximate surface area is 212 Å². The van der Waals surface area contributed by atoms with Gasteiger partial charge in [-0.05, 0) is 48.9 Å². The number of piperazine rings is 1.